The molecule has 3 aromatic heterocycles. The number of fused-ring (bicyclic) bond motifs is 2. The number of rotatable bonds is 6. The molecule has 2 N–H and O–H groups in total. The maximum atomic E-state index is 12.6. The topological polar surface area (TPSA) is 128 Å². The Morgan fingerprint density at radius 3 is 2.77 bits per heavy atom. The zero-order valence-corrected chi connectivity index (χ0v) is 19.4. The van der Waals surface area contributed by atoms with Gasteiger partial charge in [-0.05, 0) is 12.1 Å². The summed E-state index contributed by atoms with van der Waals surface area (Å²) in [4.78, 5) is 27.8. The van der Waals surface area contributed by atoms with E-state index in [1.54, 1.807) is 30.6 Å². The van der Waals surface area contributed by atoms with E-state index in [0.717, 1.165) is 24.4 Å². The van der Waals surface area contributed by atoms with Crippen molar-refractivity contribution in [3.63, 3.8) is 0 Å². The van der Waals surface area contributed by atoms with Crippen molar-refractivity contribution in [2.24, 2.45) is 0 Å². The summed E-state index contributed by atoms with van der Waals surface area (Å²) in [6.45, 7) is 3.02. The van der Waals surface area contributed by atoms with Gasteiger partial charge < -0.3 is 29.0 Å². The number of piperidine rings is 1. The highest BCUT2D eigenvalue weighted by Crippen LogP contribution is 2.30. The van der Waals surface area contributed by atoms with Gasteiger partial charge in [0.25, 0.3) is 0 Å². The van der Waals surface area contributed by atoms with E-state index < -0.39 is 11.9 Å². The highest BCUT2D eigenvalue weighted by atomic mass is 16.7. The average molecular weight is 482 g/mol. The van der Waals surface area contributed by atoms with E-state index in [2.05, 4.69) is 25.2 Å². The van der Waals surface area contributed by atoms with Crippen LogP contribution in [0.25, 0.3) is 11.0 Å². The molecule has 2 aliphatic rings. The minimum Gasteiger partial charge on any atom is -0.486 e. The van der Waals surface area contributed by atoms with Crippen LogP contribution in [-0.4, -0.2) is 76.8 Å². The number of amides is 1. The molecule has 2 aliphatic heterocycles. The molecule has 5 heterocycles. The van der Waals surface area contributed by atoms with Gasteiger partial charge in [0.1, 0.15) is 18.7 Å². The molecule has 0 aromatic carbocycles. The summed E-state index contributed by atoms with van der Waals surface area (Å²) >= 11 is 0. The molecule has 11 nitrogen and oxygen atoms in total. The third-order valence-corrected chi connectivity index (χ3v) is 6.10. The number of ether oxygens (including phenoxy) is 4. The van der Waals surface area contributed by atoms with Gasteiger partial charge in [-0.15, -0.1) is 0 Å². The molecule has 0 unspecified atom stereocenters. The Balaban J connectivity index is 1.13. The summed E-state index contributed by atoms with van der Waals surface area (Å²) in [6, 6.07) is 6.98. The normalized spacial score (nSPS) is 17.1. The summed E-state index contributed by atoms with van der Waals surface area (Å²) in [5.74, 6) is 0.265. The number of nitrogens with one attached hydrogen (secondary N) is 1. The Hall–Kier alpha value is -3.70. The third kappa shape index (κ3) is 5.36. The first kappa shape index (κ1) is 23.1. The predicted octanol–water partition coefficient (Wildman–Crippen LogP) is 2.38. The van der Waals surface area contributed by atoms with Crippen LogP contribution in [0.3, 0.4) is 0 Å². The molecule has 1 saturated heterocycles. The quantitative estimate of drug-likeness (QED) is 0.507. The van der Waals surface area contributed by atoms with Crippen LogP contribution in [0, 0.1) is 0 Å². The minimum absolute atomic E-state index is 0.304. The molecule has 0 bridgehead atoms. The molecule has 0 spiro atoms. The summed E-state index contributed by atoms with van der Waals surface area (Å²) in [7, 11) is 1.51. The van der Waals surface area contributed by atoms with Crippen molar-refractivity contribution in [3.05, 3.63) is 42.4 Å². The second-order valence-electron chi connectivity index (χ2n) is 8.45. The fourth-order valence-corrected chi connectivity index (χ4v) is 4.16. The van der Waals surface area contributed by atoms with E-state index in [9.17, 15) is 9.90 Å². The number of aromatic nitrogens is 3. The summed E-state index contributed by atoms with van der Waals surface area (Å²) < 4.78 is 21.7. The van der Waals surface area contributed by atoms with Crippen molar-refractivity contribution in [1.82, 2.24) is 19.9 Å². The number of carbonyl (C=O) groups is 1. The van der Waals surface area contributed by atoms with Gasteiger partial charge in [0.05, 0.1) is 24.5 Å². The summed E-state index contributed by atoms with van der Waals surface area (Å²) in [5.41, 5.74) is 2.41. The van der Waals surface area contributed by atoms with Crippen LogP contribution >= 0.6 is 0 Å². The Morgan fingerprint density at radius 1 is 1.17 bits per heavy atom. The Kier molecular flexibility index (Phi) is 6.51. The number of carbonyl (C=O) groups excluding carboxylic acids is 1. The second-order valence-corrected chi connectivity index (χ2v) is 8.45. The van der Waals surface area contributed by atoms with Gasteiger partial charge in [-0.2, -0.15) is 0 Å². The molecule has 1 fully saturated rings. The lowest BCUT2D eigenvalue weighted by Crippen LogP contribution is -2.48. The van der Waals surface area contributed by atoms with E-state index >= 15 is 0 Å². The lowest BCUT2D eigenvalue weighted by atomic mass is 10.0. The first-order valence-electron chi connectivity index (χ1n) is 11.5. The van der Waals surface area contributed by atoms with Crippen LogP contribution in [0.5, 0.6) is 17.4 Å². The van der Waals surface area contributed by atoms with Crippen molar-refractivity contribution in [3.8, 4) is 17.4 Å². The van der Waals surface area contributed by atoms with E-state index in [4.69, 9.17) is 18.9 Å². The Morgan fingerprint density at radius 2 is 1.97 bits per heavy atom. The lowest BCUT2D eigenvalue weighted by molar-refractivity contribution is -0.185. The SMILES string of the molecule is COc1ccc2nccc(NC(=O)OC3(O)CCN(CCc4cc5c(cn4)OCCO5)CC3)c2n1. The Labute approximate surface area is 202 Å². The molecule has 0 saturated carbocycles. The molecule has 5 rings (SSSR count). The van der Waals surface area contributed by atoms with Crippen LogP contribution in [0.4, 0.5) is 10.5 Å². The van der Waals surface area contributed by atoms with Crippen molar-refractivity contribution in [2.45, 2.75) is 25.0 Å². The largest absolute Gasteiger partial charge is 0.486 e. The number of nitrogens with zero attached hydrogens (tertiary/aromatic N) is 4. The molecule has 0 atom stereocenters. The number of hydrogen-bond donors (Lipinski definition) is 2. The lowest BCUT2D eigenvalue weighted by Gasteiger charge is -2.37. The van der Waals surface area contributed by atoms with Gasteiger partial charge in [0, 0.05) is 62.9 Å². The molecule has 11 heteroatoms. The van der Waals surface area contributed by atoms with Crippen LogP contribution in [0.1, 0.15) is 18.5 Å². The van der Waals surface area contributed by atoms with E-state index in [0.29, 0.717) is 67.5 Å². The number of methoxy groups -OCH3 is 1. The minimum atomic E-state index is -1.54. The van der Waals surface area contributed by atoms with Crippen LogP contribution in [0.15, 0.2) is 36.7 Å². The smallest absolute Gasteiger partial charge is 0.414 e. The number of pyridine rings is 3. The monoisotopic (exact) mass is 481 g/mol. The maximum absolute atomic E-state index is 12.6. The molecule has 3 aromatic rings. The maximum Gasteiger partial charge on any atom is 0.414 e. The fraction of sp³-hybridized carbons (Fsp3) is 0.417. The second kappa shape index (κ2) is 9.88. The van der Waals surface area contributed by atoms with Crippen molar-refractivity contribution in [1.29, 1.82) is 0 Å². The first-order chi connectivity index (χ1) is 17.0. The first-order valence-corrected chi connectivity index (χ1v) is 11.5. The number of hydrogen-bond acceptors (Lipinski definition) is 10. The van der Waals surface area contributed by atoms with Crippen molar-refractivity contribution >= 4 is 22.8 Å². The van der Waals surface area contributed by atoms with Crippen LogP contribution in [-0.2, 0) is 11.2 Å². The molecule has 35 heavy (non-hydrogen) atoms. The van der Waals surface area contributed by atoms with Crippen molar-refractivity contribution in [2.75, 3.05) is 45.3 Å². The average Bonchev–Trinajstić information content (AvgIpc) is 2.88. The van der Waals surface area contributed by atoms with E-state index in [1.807, 2.05) is 6.07 Å². The van der Waals surface area contributed by atoms with Crippen molar-refractivity contribution < 1.29 is 28.8 Å². The van der Waals surface area contributed by atoms with Gasteiger partial charge in [0.2, 0.25) is 11.7 Å². The highest BCUT2D eigenvalue weighted by Gasteiger charge is 2.36. The van der Waals surface area contributed by atoms with Gasteiger partial charge in [-0.3, -0.25) is 15.3 Å². The molecule has 0 radical (unpaired) electrons. The third-order valence-electron chi connectivity index (χ3n) is 6.10. The molecule has 184 valence electrons. The highest BCUT2D eigenvalue weighted by molar-refractivity contribution is 5.96. The molecular weight excluding hydrogens is 454 g/mol. The standard InChI is InChI=1S/C24H27N5O6/c1-32-21-3-2-17-22(28-21)18(4-8-25-17)27-23(30)35-24(31)6-10-29(11-7-24)9-5-16-14-19-20(15-26-16)34-13-12-33-19/h2-4,8,14-15,31H,5-7,9-13H2,1H3,(H,25,27,30). The van der Waals surface area contributed by atoms with Crippen LogP contribution < -0.4 is 19.5 Å². The number of likely N-dealkylation sites (tertiary alicyclic amines) is 1. The molecular formula is C24H27N5O6. The van der Waals surface area contributed by atoms with Gasteiger partial charge >= 0.3 is 6.09 Å². The number of aliphatic hydroxyl groups is 1. The fourth-order valence-electron chi connectivity index (χ4n) is 4.16. The molecule has 0 aliphatic carbocycles. The van der Waals surface area contributed by atoms with E-state index in [-0.39, 0.29) is 0 Å². The van der Waals surface area contributed by atoms with Gasteiger partial charge in [-0.1, -0.05) is 0 Å². The summed E-state index contributed by atoms with van der Waals surface area (Å²) in [5, 5.41) is 13.5. The van der Waals surface area contributed by atoms with Crippen LogP contribution in [0.2, 0.25) is 0 Å². The van der Waals surface area contributed by atoms with E-state index in [1.165, 1.54) is 7.11 Å². The summed E-state index contributed by atoms with van der Waals surface area (Å²) in [6.07, 6.45) is 3.86. The molecule has 1 amide bonds. The van der Waals surface area contributed by atoms with Gasteiger partial charge in [0.15, 0.2) is 11.5 Å². The Bertz CT molecular complexity index is 1210. The predicted molar refractivity (Wildman–Crippen MR) is 126 cm³/mol. The number of anilines is 1. The van der Waals surface area contributed by atoms with Gasteiger partial charge in [-0.25, -0.2) is 9.78 Å². The zero-order valence-electron chi connectivity index (χ0n) is 19.4. The zero-order chi connectivity index (χ0) is 24.3.